The van der Waals surface area contributed by atoms with Gasteiger partial charge in [0.25, 0.3) is 0 Å². The SMILES string of the molecule is C/C(C#N)=c1\nc2c(-c3ccc(C(F)(F)F)cc3C(F)(F)F)c3oc(=C(C#N)C#N)nc3c(-c3ccc(C(F)(F)F)cc3C(F)(F)F)c2o1. The molecule has 0 aliphatic carbocycles. The van der Waals surface area contributed by atoms with Gasteiger partial charge in [0.2, 0.25) is 11.1 Å². The van der Waals surface area contributed by atoms with Crippen LogP contribution in [-0.4, -0.2) is 9.97 Å². The Labute approximate surface area is 262 Å². The van der Waals surface area contributed by atoms with Crippen molar-refractivity contribution in [3.63, 3.8) is 0 Å². The van der Waals surface area contributed by atoms with Crippen LogP contribution in [0, 0.1) is 34.0 Å². The molecule has 0 saturated carbocycles. The molecular weight excluding hydrogens is 690 g/mol. The molecule has 0 saturated heterocycles. The topological polar surface area (TPSA) is 123 Å². The summed E-state index contributed by atoms with van der Waals surface area (Å²) in [5.41, 5.74) is -18.3. The van der Waals surface area contributed by atoms with Gasteiger partial charge in [-0.2, -0.15) is 68.5 Å². The average molecular weight is 699 g/mol. The second-order valence-electron chi connectivity index (χ2n) is 9.99. The Morgan fingerprint density at radius 1 is 0.571 bits per heavy atom. The Balaban J connectivity index is 2.14. The smallest absolute Gasteiger partial charge is 0.417 e. The van der Waals surface area contributed by atoms with E-state index in [-0.39, 0.29) is 24.3 Å². The molecule has 0 aliphatic heterocycles. The second kappa shape index (κ2) is 11.3. The zero-order chi connectivity index (χ0) is 36.4. The van der Waals surface area contributed by atoms with Gasteiger partial charge in [0.05, 0.1) is 39.0 Å². The number of fused-ring (bicyclic) bond motifs is 2. The maximum Gasteiger partial charge on any atom is 0.417 e. The molecule has 5 aromatic rings. The number of oxazole rings is 2. The van der Waals surface area contributed by atoms with E-state index in [1.54, 1.807) is 6.07 Å². The third-order valence-electron chi connectivity index (χ3n) is 6.95. The van der Waals surface area contributed by atoms with Crippen molar-refractivity contribution in [3.8, 4) is 40.5 Å². The van der Waals surface area contributed by atoms with Crippen molar-refractivity contribution in [3.05, 3.63) is 69.7 Å². The van der Waals surface area contributed by atoms with Crippen molar-refractivity contribution < 1.29 is 61.5 Å². The Morgan fingerprint density at radius 2 is 0.959 bits per heavy atom. The highest BCUT2D eigenvalue weighted by Gasteiger charge is 2.42. The molecule has 0 bridgehead atoms. The number of halogens is 12. The van der Waals surface area contributed by atoms with Crippen LogP contribution in [0.4, 0.5) is 52.7 Å². The molecule has 0 radical (unpaired) electrons. The summed E-state index contributed by atoms with van der Waals surface area (Å²) in [4.78, 5) is 7.76. The molecule has 2 heterocycles. The lowest BCUT2D eigenvalue weighted by Gasteiger charge is -2.18. The van der Waals surface area contributed by atoms with Crippen LogP contribution in [0.25, 0.3) is 55.6 Å². The lowest BCUT2D eigenvalue weighted by molar-refractivity contribution is -0.144. The van der Waals surface area contributed by atoms with Crippen molar-refractivity contribution in [1.82, 2.24) is 9.97 Å². The Hall–Kier alpha value is -6.03. The molecule has 0 atom stereocenters. The quantitative estimate of drug-likeness (QED) is 0.170. The Morgan fingerprint density at radius 3 is 1.31 bits per heavy atom. The van der Waals surface area contributed by atoms with Crippen LogP contribution in [0.5, 0.6) is 0 Å². The minimum atomic E-state index is -5.55. The normalized spacial score (nSPS) is 13.3. The Bertz CT molecular complexity index is 2290. The second-order valence-corrected chi connectivity index (χ2v) is 9.99. The van der Waals surface area contributed by atoms with Crippen molar-refractivity contribution in [2.75, 3.05) is 0 Å². The summed E-state index contributed by atoms with van der Waals surface area (Å²) >= 11 is 0. The molecule has 250 valence electrons. The van der Waals surface area contributed by atoms with Crippen LogP contribution in [0.2, 0.25) is 0 Å². The summed E-state index contributed by atoms with van der Waals surface area (Å²) in [7, 11) is 0. The molecule has 0 fully saturated rings. The predicted octanol–water partition coefficient (Wildman–Crippen LogP) is 8.27. The molecule has 0 spiro atoms. The molecule has 49 heavy (non-hydrogen) atoms. The zero-order valence-corrected chi connectivity index (χ0v) is 23.6. The van der Waals surface area contributed by atoms with Gasteiger partial charge in [0.15, 0.2) is 16.7 Å². The van der Waals surface area contributed by atoms with Crippen molar-refractivity contribution in [2.24, 2.45) is 0 Å². The van der Waals surface area contributed by atoms with Gasteiger partial charge in [-0.25, -0.2) is 9.97 Å². The van der Waals surface area contributed by atoms with Gasteiger partial charge in [-0.15, -0.1) is 0 Å². The summed E-state index contributed by atoms with van der Waals surface area (Å²) in [5.74, 6) is 0. The van der Waals surface area contributed by atoms with Crippen molar-refractivity contribution in [1.29, 1.82) is 15.8 Å². The lowest BCUT2D eigenvalue weighted by atomic mass is 9.90. The monoisotopic (exact) mass is 699 g/mol. The first-order chi connectivity index (χ1) is 22.6. The number of nitrogens with zero attached hydrogens (tertiary/aromatic N) is 5. The molecule has 3 aromatic carbocycles. The molecule has 2 aromatic heterocycles. The van der Waals surface area contributed by atoms with Crippen LogP contribution < -0.4 is 11.1 Å². The van der Waals surface area contributed by atoms with E-state index in [0.29, 0.717) is 12.1 Å². The van der Waals surface area contributed by atoms with E-state index >= 15 is 0 Å². The van der Waals surface area contributed by atoms with Gasteiger partial charge in [-0.1, -0.05) is 12.1 Å². The van der Waals surface area contributed by atoms with Gasteiger partial charge in [-0.05, 0) is 31.2 Å². The first kappa shape index (κ1) is 34.3. The van der Waals surface area contributed by atoms with E-state index in [2.05, 4.69) is 9.97 Å². The number of hydrogen-bond acceptors (Lipinski definition) is 7. The van der Waals surface area contributed by atoms with Crippen LogP contribution in [-0.2, 0) is 24.7 Å². The minimum Gasteiger partial charge on any atom is -0.435 e. The van der Waals surface area contributed by atoms with E-state index in [0.717, 1.165) is 6.92 Å². The highest BCUT2D eigenvalue weighted by atomic mass is 19.4. The van der Waals surface area contributed by atoms with E-state index < -0.39 is 114 Å². The number of benzene rings is 3. The van der Waals surface area contributed by atoms with Crippen LogP contribution in [0.1, 0.15) is 29.2 Å². The van der Waals surface area contributed by atoms with E-state index in [9.17, 15) is 68.5 Å². The third kappa shape index (κ3) is 5.97. The fourth-order valence-corrected chi connectivity index (χ4v) is 4.81. The van der Waals surface area contributed by atoms with Gasteiger partial charge >= 0.3 is 24.7 Å². The van der Waals surface area contributed by atoms with Crippen molar-refractivity contribution >= 4 is 33.3 Å². The average Bonchev–Trinajstić information content (AvgIpc) is 3.63. The summed E-state index contributed by atoms with van der Waals surface area (Å²) in [6, 6.07) is 4.89. The van der Waals surface area contributed by atoms with E-state index in [1.807, 2.05) is 0 Å². The van der Waals surface area contributed by atoms with Crippen molar-refractivity contribution in [2.45, 2.75) is 31.6 Å². The van der Waals surface area contributed by atoms with Gasteiger partial charge in [0, 0.05) is 11.1 Å². The van der Waals surface area contributed by atoms with Gasteiger partial charge < -0.3 is 8.83 Å². The minimum absolute atomic E-state index is 0.237. The highest BCUT2D eigenvalue weighted by Crippen LogP contribution is 2.49. The number of alkyl halides is 12. The molecule has 19 heteroatoms. The summed E-state index contributed by atoms with van der Waals surface area (Å²) < 4.78 is 178. The first-order valence-electron chi connectivity index (χ1n) is 12.9. The fourth-order valence-electron chi connectivity index (χ4n) is 4.81. The molecule has 0 unspecified atom stereocenters. The lowest BCUT2D eigenvalue weighted by Crippen LogP contribution is -2.13. The number of aromatic nitrogens is 2. The summed E-state index contributed by atoms with van der Waals surface area (Å²) in [5, 5.41) is 28.2. The zero-order valence-electron chi connectivity index (χ0n) is 23.6. The van der Waals surface area contributed by atoms with E-state index in [1.165, 1.54) is 12.1 Å². The largest absolute Gasteiger partial charge is 0.435 e. The van der Waals surface area contributed by atoms with Crippen LogP contribution in [0.3, 0.4) is 0 Å². The standard InChI is InChI=1S/C30H9F12N5O2/c1-11(8-43)25-46-21-19(15-4-2-13(27(31,32)33)6-17(15)29(37,38)39)24-22(47-26(49-24)12(9-44)10-45)20(23(21)48-25)16-5-3-14(28(34,35)36)7-18(16)30(40,41)42/h2-7H,1H3/b25-11-. The van der Waals surface area contributed by atoms with Gasteiger partial charge in [-0.3, -0.25) is 0 Å². The highest BCUT2D eigenvalue weighted by molar-refractivity contribution is 6.16. The molecule has 5 rings (SSSR count). The Kier molecular flexibility index (Phi) is 7.91. The third-order valence-corrected chi connectivity index (χ3v) is 6.95. The molecule has 0 aliphatic rings. The summed E-state index contributed by atoms with van der Waals surface area (Å²) in [6.07, 6.45) is -21.7. The maximum atomic E-state index is 14.4. The molecule has 0 N–H and O–H groups in total. The van der Waals surface area contributed by atoms with E-state index in [4.69, 9.17) is 8.83 Å². The van der Waals surface area contributed by atoms with Gasteiger partial charge in [0.1, 0.15) is 29.2 Å². The maximum absolute atomic E-state index is 14.4. The predicted molar refractivity (Wildman–Crippen MR) is 141 cm³/mol. The van der Waals surface area contributed by atoms with Crippen LogP contribution in [0.15, 0.2) is 45.2 Å². The molecule has 0 amide bonds. The first-order valence-corrected chi connectivity index (χ1v) is 12.9. The number of hydrogen-bond donors (Lipinski definition) is 0. The van der Waals surface area contributed by atoms with Crippen LogP contribution >= 0.6 is 0 Å². The fraction of sp³-hybridized carbons (Fsp3) is 0.167. The summed E-state index contributed by atoms with van der Waals surface area (Å²) in [6.45, 7) is 1.07. The molecular formula is C30H9F12N5O2. The number of rotatable bonds is 2. The molecule has 7 nitrogen and oxygen atoms in total. The number of nitriles is 3.